The van der Waals surface area contributed by atoms with Crippen LogP contribution >= 0.6 is 0 Å². The predicted molar refractivity (Wildman–Crippen MR) is 56.3 cm³/mol. The van der Waals surface area contributed by atoms with Crippen LogP contribution in [-0.4, -0.2) is 36.3 Å². The van der Waals surface area contributed by atoms with Crippen molar-refractivity contribution in [3.8, 4) is 0 Å². The molecule has 4 heteroatoms. The summed E-state index contributed by atoms with van der Waals surface area (Å²) in [5.74, 6) is 1.07. The molecule has 0 amide bonds. The maximum Gasteiger partial charge on any atom is 0.106 e. The number of H-pyrrole nitrogens is 1. The van der Waals surface area contributed by atoms with Crippen molar-refractivity contribution in [1.29, 1.82) is 0 Å². The third-order valence-corrected chi connectivity index (χ3v) is 1.95. The molecule has 1 heterocycles. The molecule has 0 aliphatic heterocycles. The quantitative estimate of drug-likeness (QED) is 0.610. The Kier molecular flexibility index (Phi) is 6.02. The fourth-order valence-corrected chi connectivity index (χ4v) is 1.23. The summed E-state index contributed by atoms with van der Waals surface area (Å²) < 4.78 is 5.20. The first-order valence-electron chi connectivity index (χ1n) is 5.20. The van der Waals surface area contributed by atoms with Crippen molar-refractivity contribution in [2.75, 3.05) is 26.3 Å². The van der Waals surface area contributed by atoms with E-state index in [0.717, 1.165) is 45.0 Å². The Balaban J connectivity index is 1.85. The molecule has 1 rings (SSSR count). The summed E-state index contributed by atoms with van der Waals surface area (Å²) in [6.07, 6.45) is 5.77. The highest BCUT2D eigenvalue weighted by atomic mass is 16.5. The van der Waals surface area contributed by atoms with E-state index >= 15 is 0 Å². The minimum atomic E-state index is 0.800. The van der Waals surface area contributed by atoms with Crippen LogP contribution in [0.25, 0.3) is 0 Å². The minimum Gasteiger partial charge on any atom is -0.380 e. The normalized spacial score (nSPS) is 10.6. The van der Waals surface area contributed by atoms with Crippen LogP contribution in [0.2, 0.25) is 0 Å². The first kappa shape index (κ1) is 11.2. The molecule has 0 bridgehead atoms. The van der Waals surface area contributed by atoms with E-state index in [-0.39, 0.29) is 0 Å². The summed E-state index contributed by atoms with van der Waals surface area (Å²) in [5, 5.41) is 3.32. The third-order valence-electron chi connectivity index (χ3n) is 1.95. The van der Waals surface area contributed by atoms with Crippen molar-refractivity contribution >= 4 is 0 Å². The van der Waals surface area contributed by atoms with Gasteiger partial charge >= 0.3 is 0 Å². The molecule has 0 saturated heterocycles. The summed E-state index contributed by atoms with van der Waals surface area (Å²) in [7, 11) is 0. The lowest BCUT2D eigenvalue weighted by atomic mass is 10.3. The number of aromatic nitrogens is 2. The van der Waals surface area contributed by atoms with E-state index in [4.69, 9.17) is 4.74 Å². The number of hydrogen-bond acceptors (Lipinski definition) is 3. The first-order chi connectivity index (χ1) is 6.93. The Labute approximate surface area is 85.1 Å². The molecule has 1 aromatic heterocycles. The standard InChI is InChI=1S/C10H19N3O/c1-2-14-9-8-11-5-3-4-10-12-6-7-13-10/h6-7,11H,2-5,8-9H2,1H3,(H,12,13). The largest absolute Gasteiger partial charge is 0.380 e. The monoisotopic (exact) mass is 197 g/mol. The summed E-state index contributed by atoms with van der Waals surface area (Å²) in [5.41, 5.74) is 0. The molecule has 0 saturated carbocycles. The maximum atomic E-state index is 5.20. The number of aromatic amines is 1. The minimum absolute atomic E-state index is 0.800. The second kappa shape index (κ2) is 7.53. The number of hydrogen-bond donors (Lipinski definition) is 2. The summed E-state index contributed by atoms with van der Waals surface area (Å²) in [4.78, 5) is 7.24. The van der Waals surface area contributed by atoms with E-state index in [1.54, 1.807) is 6.20 Å². The van der Waals surface area contributed by atoms with Gasteiger partial charge in [-0.2, -0.15) is 0 Å². The predicted octanol–water partition coefficient (Wildman–Crippen LogP) is 0.968. The highest BCUT2D eigenvalue weighted by Crippen LogP contribution is 1.92. The third kappa shape index (κ3) is 4.99. The molecule has 0 spiro atoms. The van der Waals surface area contributed by atoms with Gasteiger partial charge in [0.1, 0.15) is 5.82 Å². The van der Waals surface area contributed by atoms with E-state index in [9.17, 15) is 0 Å². The van der Waals surface area contributed by atoms with Gasteiger partial charge in [-0.3, -0.25) is 0 Å². The maximum absolute atomic E-state index is 5.20. The van der Waals surface area contributed by atoms with Crippen molar-refractivity contribution in [2.24, 2.45) is 0 Å². The fourth-order valence-electron chi connectivity index (χ4n) is 1.23. The molecule has 80 valence electrons. The zero-order valence-electron chi connectivity index (χ0n) is 8.75. The molecular weight excluding hydrogens is 178 g/mol. The average molecular weight is 197 g/mol. The van der Waals surface area contributed by atoms with E-state index < -0.39 is 0 Å². The van der Waals surface area contributed by atoms with Gasteiger partial charge in [-0.1, -0.05) is 0 Å². The van der Waals surface area contributed by atoms with Gasteiger partial charge in [0.25, 0.3) is 0 Å². The summed E-state index contributed by atoms with van der Waals surface area (Å²) in [6.45, 7) is 5.57. The number of aryl methyl sites for hydroxylation is 1. The lowest BCUT2D eigenvalue weighted by Gasteiger charge is -2.03. The van der Waals surface area contributed by atoms with Crippen LogP contribution in [0.15, 0.2) is 12.4 Å². The topological polar surface area (TPSA) is 49.9 Å². The first-order valence-corrected chi connectivity index (χ1v) is 5.20. The SMILES string of the molecule is CCOCCNCCCc1ncc[nH]1. The highest BCUT2D eigenvalue weighted by Gasteiger charge is 1.93. The second-order valence-electron chi connectivity index (χ2n) is 3.09. The highest BCUT2D eigenvalue weighted by molar-refractivity contribution is 4.86. The van der Waals surface area contributed by atoms with Gasteiger partial charge in [-0.05, 0) is 19.9 Å². The molecule has 0 radical (unpaired) electrons. The Morgan fingerprint density at radius 2 is 2.43 bits per heavy atom. The van der Waals surface area contributed by atoms with Crippen molar-refractivity contribution in [3.05, 3.63) is 18.2 Å². The van der Waals surface area contributed by atoms with Crippen LogP contribution in [0.4, 0.5) is 0 Å². The second-order valence-corrected chi connectivity index (χ2v) is 3.09. The van der Waals surface area contributed by atoms with E-state index in [1.807, 2.05) is 13.1 Å². The van der Waals surface area contributed by atoms with Crippen molar-refractivity contribution in [3.63, 3.8) is 0 Å². The van der Waals surface area contributed by atoms with Crippen LogP contribution < -0.4 is 5.32 Å². The van der Waals surface area contributed by atoms with Crippen LogP contribution in [0.5, 0.6) is 0 Å². The van der Waals surface area contributed by atoms with E-state index in [1.165, 1.54) is 0 Å². The van der Waals surface area contributed by atoms with Gasteiger partial charge in [0.2, 0.25) is 0 Å². The number of imidazole rings is 1. The Morgan fingerprint density at radius 3 is 3.14 bits per heavy atom. The lowest BCUT2D eigenvalue weighted by Crippen LogP contribution is -2.21. The van der Waals surface area contributed by atoms with Crippen LogP contribution in [0, 0.1) is 0 Å². The lowest BCUT2D eigenvalue weighted by molar-refractivity contribution is 0.149. The van der Waals surface area contributed by atoms with Crippen LogP contribution in [0.3, 0.4) is 0 Å². The summed E-state index contributed by atoms with van der Waals surface area (Å²) >= 11 is 0. The molecule has 0 atom stereocenters. The van der Waals surface area contributed by atoms with Gasteiger partial charge in [-0.25, -0.2) is 4.98 Å². The molecule has 4 nitrogen and oxygen atoms in total. The number of rotatable bonds is 8. The van der Waals surface area contributed by atoms with Gasteiger partial charge in [0.15, 0.2) is 0 Å². The Bertz CT molecular complexity index is 211. The Hall–Kier alpha value is -0.870. The van der Waals surface area contributed by atoms with Crippen LogP contribution in [-0.2, 0) is 11.2 Å². The molecule has 2 N–H and O–H groups in total. The molecular formula is C10H19N3O. The molecule has 0 aromatic carbocycles. The van der Waals surface area contributed by atoms with E-state index in [0.29, 0.717) is 0 Å². The van der Waals surface area contributed by atoms with Crippen molar-refractivity contribution in [1.82, 2.24) is 15.3 Å². The zero-order valence-corrected chi connectivity index (χ0v) is 8.75. The number of ether oxygens (including phenoxy) is 1. The Morgan fingerprint density at radius 1 is 1.50 bits per heavy atom. The number of nitrogens with zero attached hydrogens (tertiary/aromatic N) is 1. The molecule has 0 aliphatic carbocycles. The van der Waals surface area contributed by atoms with Gasteiger partial charge in [0, 0.05) is 32.0 Å². The molecule has 1 aromatic rings. The molecule has 0 unspecified atom stereocenters. The summed E-state index contributed by atoms with van der Waals surface area (Å²) in [6, 6.07) is 0. The van der Waals surface area contributed by atoms with Gasteiger partial charge in [0.05, 0.1) is 6.61 Å². The number of nitrogens with one attached hydrogen (secondary N) is 2. The average Bonchev–Trinajstić information content (AvgIpc) is 2.69. The van der Waals surface area contributed by atoms with Crippen molar-refractivity contribution in [2.45, 2.75) is 19.8 Å². The molecule has 0 aliphatic rings. The fraction of sp³-hybridized carbons (Fsp3) is 0.700. The van der Waals surface area contributed by atoms with Crippen molar-refractivity contribution < 1.29 is 4.74 Å². The smallest absolute Gasteiger partial charge is 0.106 e. The van der Waals surface area contributed by atoms with Gasteiger partial charge < -0.3 is 15.0 Å². The molecule has 0 fully saturated rings. The van der Waals surface area contributed by atoms with Crippen LogP contribution in [0.1, 0.15) is 19.2 Å². The van der Waals surface area contributed by atoms with Gasteiger partial charge in [-0.15, -0.1) is 0 Å². The zero-order chi connectivity index (χ0) is 10.1. The molecule has 14 heavy (non-hydrogen) atoms. The van der Waals surface area contributed by atoms with E-state index in [2.05, 4.69) is 15.3 Å².